The second kappa shape index (κ2) is 9.26. The first kappa shape index (κ1) is 21.0. The number of para-hydroxylation sites is 1. The van der Waals surface area contributed by atoms with Crippen molar-refractivity contribution in [2.45, 2.75) is 31.6 Å². The van der Waals surface area contributed by atoms with E-state index in [-0.39, 0.29) is 22.8 Å². The second-order valence-electron chi connectivity index (χ2n) is 7.04. The smallest absolute Gasteiger partial charge is 0.297 e. The van der Waals surface area contributed by atoms with Gasteiger partial charge in [0, 0.05) is 18.5 Å². The molecule has 8 heteroatoms. The highest BCUT2D eigenvalue weighted by molar-refractivity contribution is 7.99. The number of thioether (sulfide) groups is 1. The highest BCUT2D eigenvalue weighted by Gasteiger charge is 2.18. The molecule has 1 amide bonds. The van der Waals surface area contributed by atoms with E-state index in [2.05, 4.69) is 5.32 Å². The molecule has 2 aromatic carbocycles. The summed E-state index contributed by atoms with van der Waals surface area (Å²) < 4.78 is 12.5. The fourth-order valence-electron chi connectivity index (χ4n) is 3.31. The third-order valence-corrected chi connectivity index (χ3v) is 5.85. The van der Waals surface area contributed by atoms with Gasteiger partial charge >= 0.3 is 0 Å². The van der Waals surface area contributed by atoms with Crippen LogP contribution in [0.15, 0.2) is 62.9 Å². The van der Waals surface area contributed by atoms with Crippen LogP contribution in [0.25, 0.3) is 22.1 Å². The van der Waals surface area contributed by atoms with Gasteiger partial charge in [0.15, 0.2) is 5.16 Å². The van der Waals surface area contributed by atoms with Gasteiger partial charge in [-0.3, -0.25) is 14.2 Å². The number of ether oxygens (including phenoxy) is 1. The summed E-state index contributed by atoms with van der Waals surface area (Å²) in [5, 5.41) is 4.21. The lowest BCUT2D eigenvalue weighted by Gasteiger charge is -2.11. The van der Waals surface area contributed by atoms with Crippen molar-refractivity contribution in [1.29, 1.82) is 0 Å². The van der Waals surface area contributed by atoms with Crippen LogP contribution in [0, 0.1) is 0 Å². The molecule has 1 N–H and O–H groups in total. The molecule has 2 aromatic heterocycles. The molecule has 0 aliphatic heterocycles. The molecule has 0 aliphatic rings. The maximum atomic E-state index is 13.0. The molecule has 4 rings (SSSR count). The first-order valence-corrected chi connectivity index (χ1v) is 11.0. The van der Waals surface area contributed by atoms with Crippen LogP contribution in [-0.2, 0) is 17.9 Å². The van der Waals surface area contributed by atoms with E-state index in [1.165, 1.54) is 11.8 Å². The van der Waals surface area contributed by atoms with Crippen molar-refractivity contribution in [2.24, 2.45) is 0 Å². The number of nitrogens with zero attached hydrogens (tertiary/aromatic N) is 2. The molecule has 0 fully saturated rings. The van der Waals surface area contributed by atoms with E-state index in [0.717, 1.165) is 23.1 Å². The van der Waals surface area contributed by atoms with Crippen molar-refractivity contribution < 1.29 is 13.9 Å². The van der Waals surface area contributed by atoms with Crippen LogP contribution in [0.1, 0.15) is 18.9 Å². The third-order valence-electron chi connectivity index (χ3n) is 4.88. The van der Waals surface area contributed by atoms with Crippen LogP contribution >= 0.6 is 11.8 Å². The van der Waals surface area contributed by atoms with Crippen LogP contribution in [0.4, 0.5) is 0 Å². The predicted octanol–water partition coefficient (Wildman–Crippen LogP) is 3.97. The fraction of sp³-hybridized carbons (Fsp3) is 0.261. The summed E-state index contributed by atoms with van der Waals surface area (Å²) >= 11 is 1.26. The first-order chi connectivity index (χ1) is 15.1. The van der Waals surface area contributed by atoms with Gasteiger partial charge < -0.3 is 14.5 Å². The van der Waals surface area contributed by atoms with Crippen LogP contribution < -0.4 is 15.6 Å². The van der Waals surface area contributed by atoms with Crippen molar-refractivity contribution >= 4 is 39.7 Å². The molecular formula is C23H23N3O4S. The standard InChI is InChI=1S/C23H23N3O4S/c1-3-12-26-22(28)21-20(17-6-4-5-7-18(17)30-21)25-23(26)31-14-19(27)24-13-15-8-10-16(29-2)11-9-15/h4-11H,3,12-14H2,1-2H3,(H,24,27). The number of hydrogen-bond acceptors (Lipinski definition) is 6. The number of carbonyl (C=O) groups is 1. The van der Waals surface area contributed by atoms with E-state index in [1.54, 1.807) is 11.7 Å². The van der Waals surface area contributed by atoms with Crippen molar-refractivity contribution in [3.8, 4) is 5.75 Å². The highest BCUT2D eigenvalue weighted by atomic mass is 32.2. The van der Waals surface area contributed by atoms with E-state index in [1.807, 2.05) is 55.5 Å². The molecule has 0 spiro atoms. The molecule has 31 heavy (non-hydrogen) atoms. The summed E-state index contributed by atoms with van der Waals surface area (Å²) in [5.74, 6) is 0.802. The number of nitrogens with one attached hydrogen (secondary N) is 1. The monoisotopic (exact) mass is 437 g/mol. The summed E-state index contributed by atoms with van der Waals surface area (Å²) in [6.07, 6.45) is 0.768. The van der Waals surface area contributed by atoms with Crippen LogP contribution in [0.5, 0.6) is 5.75 Å². The molecule has 0 bridgehead atoms. The van der Waals surface area contributed by atoms with Crippen molar-refractivity contribution in [2.75, 3.05) is 12.9 Å². The summed E-state index contributed by atoms with van der Waals surface area (Å²) in [6.45, 7) is 2.92. The minimum absolute atomic E-state index is 0.129. The minimum Gasteiger partial charge on any atom is -0.497 e. The average Bonchev–Trinajstić information content (AvgIpc) is 3.17. The lowest BCUT2D eigenvalue weighted by atomic mass is 10.2. The third kappa shape index (κ3) is 4.44. The van der Waals surface area contributed by atoms with Gasteiger partial charge in [0.05, 0.1) is 12.9 Å². The van der Waals surface area contributed by atoms with Crippen molar-refractivity contribution in [3.05, 3.63) is 64.4 Å². The van der Waals surface area contributed by atoms with Crippen molar-refractivity contribution in [1.82, 2.24) is 14.9 Å². The average molecular weight is 438 g/mol. The van der Waals surface area contributed by atoms with Gasteiger partial charge in [0.1, 0.15) is 16.8 Å². The Balaban J connectivity index is 1.52. The van der Waals surface area contributed by atoms with E-state index in [9.17, 15) is 9.59 Å². The molecule has 0 saturated heterocycles. The molecule has 0 unspecified atom stereocenters. The SMILES string of the molecule is CCCn1c(SCC(=O)NCc2ccc(OC)cc2)nc2c(oc3ccccc32)c1=O. The Morgan fingerprint density at radius 3 is 2.71 bits per heavy atom. The molecular weight excluding hydrogens is 414 g/mol. The van der Waals surface area contributed by atoms with Gasteiger partial charge in [-0.15, -0.1) is 0 Å². The number of benzene rings is 2. The molecule has 2 heterocycles. The van der Waals surface area contributed by atoms with Gasteiger partial charge in [-0.2, -0.15) is 0 Å². The number of hydrogen-bond donors (Lipinski definition) is 1. The first-order valence-electron chi connectivity index (χ1n) is 10.0. The zero-order valence-electron chi connectivity index (χ0n) is 17.4. The summed E-state index contributed by atoms with van der Waals surface area (Å²) in [5.41, 5.74) is 2.18. The fourth-order valence-corrected chi connectivity index (χ4v) is 4.16. The quantitative estimate of drug-likeness (QED) is 0.332. The minimum atomic E-state index is -0.218. The number of rotatable bonds is 8. The number of amides is 1. The van der Waals surface area contributed by atoms with E-state index < -0.39 is 0 Å². The van der Waals surface area contributed by atoms with Crippen LogP contribution in [0.3, 0.4) is 0 Å². The van der Waals surface area contributed by atoms with Gasteiger partial charge in [-0.05, 0) is 36.2 Å². The molecule has 0 aliphatic carbocycles. The lowest BCUT2D eigenvalue weighted by Crippen LogP contribution is -2.26. The largest absolute Gasteiger partial charge is 0.497 e. The number of furan rings is 1. The lowest BCUT2D eigenvalue weighted by molar-refractivity contribution is -0.118. The molecule has 7 nitrogen and oxygen atoms in total. The Bertz CT molecular complexity index is 1280. The number of methoxy groups -OCH3 is 1. The van der Waals surface area contributed by atoms with Crippen LogP contribution in [-0.4, -0.2) is 28.3 Å². The Hall–Kier alpha value is -3.26. The van der Waals surface area contributed by atoms with Gasteiger partial charge in [0.2, 0.25) is 11.5 Å². The molecule has 4 aromatic rings. The molecule has 160 valence electrons. The molecule has 0 radical (unpaired) electrons. The summed E-state index contributed by atoms with van der Waals surface area (Å²) in [7, 11) is 1.61. The van der Waals surface area contributed by atoms with E-state index in [0.29, 0.717) is 29.3 Å². The predicted molar refractivity (Wildman–Crippen MR) is 122 cm³/mol. The molecule has 0 saturated carbocycles. The Kier molecular flexibility index (Phi) is 6.27. The van der Waals surface area contributed by atoms with Crippen molar-refractivity contribution in [3.63, 3.8) is 0 Å². The summed E-state index contributed by atoms with van der Waals surface area (Å²) in [4.78, 5) is 30.1. The Morgan fingerprint density at radius 1 is 1.19 bits per heavy atom. The van der Waals surface area contributed by atoms with E-state index in [4.69, 9.17) is 14.1 Å². The Morgan fingerprint density at radius 2 is 1.97 bits per heavy atom. The van der Waals surface area contributed by atoms with Gasteiger partial charge in [0.25, 0.3) is 5.56 Å². The highest BCUT2D eigenvalue weighted by Crippen LogP contribution is 2.27. The normalized spacial score (nSPS) is 11.2. The van der Waals surface area contributed by atoms with Gasteiger partial charge in [-0.25, -0.2) is 4.98 Å². The number of fused-ring (bicyclic) bond motifs is 3. The number of carbonyl (C=O) groups excluding carboxylic acids is 1. The zero-order chi connectivity index (χ0) is 21.8. The second-order valence-corrected chi connectivity index (χ2v) is 7.98. The van der Waals surface area contributed by atoms with E-state index >= 15 is 0 Å². The maximum absolute atomic E-state index is 13.0. The zero-order valence-corrected chi connectivity index (χ0v) is 18.2. The maximum Gasteiger partial charge on any atom is 0.297 e. The number of aromatic nitrogens is 2. The summed E-state index contributed by atoms with van der Waals surface area (Å²) in [6, 6.07) is 15.0. The molecule has 0 atom stereocenters. The van der Waals surface area contributed by atoms with Gasteiger partial charge in [-0.1, -0.05) is 43.0 Å². The Labute approximate surface area is 183 Å². The topological polar surface area (TPSA) is 86.4 Å². The van der Waals surface area contributed by atoms with Crippen LogP contribution in [0.2, 0.25) is 0 Å².